The minimum absolute atomic E-state index is 0.584. The highest BCUT2D eigenvalue weighted by Crippen LogP contribution is 2.27. The Morgan fingerprint density at radius 2 is 1.53 bits per heavy atom. The largest absolute Gasteiger partial charge is 0.327 e. The van der Waals surface area contributed by atoms with Crippen molar-refractivity contribution in [1.29, 1.82) is 0 Å². The van der Waals surface area contributed by atoms with Gasteiger partial charge in [0.25, 0.3) is 0 Å². The summed E-state index contributed by atoms with van der Waals surface area (Å²) in [7, 11) is 0. The molecule has 0 aliphatic heterocycles. The van der Waals surface area contributed by atoms with E-state index in [-0.39, 0.29) is 0 Å². The van der Waals surface area contributed by atoms with Crippen LogP contribution in [0.3, 0.4) is 0 Å². The monoisotopic (exact) mass is 241 g/mol. The molecule has 0 fully saturated rings. The number of benzene rings is 2. The lowest BCUT2D eigenvalue weighted by molar-refractivity contribution is 1.26. The van der Waals surface area contributed by atoms with Crippen molar-refractivity contribution < 1.29 is 0 Å². The van der Waals surface area contributed by atoms with E-state index in [1.807, 2.05) is 18.2 Å². The Morgan fingerprint density at radius 3 is 2.18 bits per heavy atom. The molecule has 0 aliphatic carbocycles. The van der Waals surface area contributed by atoms with Crippen molar-refractivity contribution in [1.82, 2.24) is 0 Å². The molecule has 2 aromatic rings. The lowest BCUT2D eigenvalue weighted by atomic mass is 10.2. The summed E-state index contributed by atoms with van der Waals surface area (Å²) in [5.74, 6) is 0. The van der Waals surface area contributed by atoms with E-state index in [9.17, 15) is 0 Å². The van der Waals surface area contributed by atoms with Crippen LogP contribution < -0.4 is 5.73 Å². The Morgan fingerprint density at radius 1 is 0.882 bits per heavy atom. The van der Waals surface area contributed by atoms with Gasteiger partial charge in [0.15, 0.2) is 0 Å². The highest BCUT2D eigenvalue weighted by atomic mass is 32.2. The van der Waals surface area contributed by atoms with Gasteiger partial charge in [-0.3, -0.25) is 0 Å². The first-order valence-electron chi connectivity index (χ1n) is 5.58. The molecule has 0 heterocycles. The minimum atomic E-state index is 0.584. The van der Waals surface area contributed by atoms with Crippen molar-refractivity contribution in [3.05, 3.63) is 66.2 Å². The van der Waals surface area contributed by atoms with Crippen molar-refractivity contribution in [3.8, 4) is 0 Å². The average Bonchev–Trinajstić information content (AvgIpc) is 2.39. The van der Waals surface area contributed by atoms with E-state index in [1.165, 1.54) is 15.4 Å². The zero-order valence-electron chi connectivity index (χ0n) is 9.54. The molecule has 0 saturated carbocycles. The van der Waals surface area contributed by atoms with E-state index in [0.29, 0.717) is 6.54 Å². The topological polar surface area (TPSA) is 26.0 Å². The first-order valence-corrected chi connectivity index (χ1v) is 6.40. The summed E-state index contributed by atoms with van der Waals surface area (Å²) in [5, 5.41) is 0. The second kappa shape index (κ2) is 6.28. The molecular formula is C15H15NS. The van der Waals surface area contributed by atoms with Gasteiger partial charge in [0, 0.05) is 16.3 Å². The van der Waals surface area contributed by atoms with Crippen molar-refractivity contribution in [3.63, 3.8) is 0 Å². The molecule has 2 N–H and O–H groups in total. The second-order valence-electron chi connectivity index (χ2n) is 3.62. The summed E-state index contributed by atoms with van der Waals surface area (Å²) in [6.45, 7) is 0.584. The normalized spacial score (nSPS) is 10.9. The number of hydrogen-bond donors (Lipinski definition) is 1. The zero-order chi connectivity index (χ0) is 11.9. The van der Waals surface area contributed by atoms with E-state index >= 15 is 0 Å². The fraction of sp³-hybridized carbons (Fsp3) is 0.0667. The van der Waals surface area contributed by atoms with Crippen LogP contribution in [0.15, 0.2) is 70.5 Å². The summed E-state index contributed by atoms with van der Waals surface area (Å²) >= 11 is 1.77. The Kier molecular flexibility index (Phi) is 4.42. The summed E-state index contributed by atoms with van der Waals surface area (Å²) in [6.07, 6.45) is 4.00. The van der Waals surface area contributed by atoms with Gasteiger partial charge >= 0.3 is 0 Å². The predicted octanol–water partition coefficient (Wildman–Crippen LogP) is 3.81. The molecule has 0 radical (unpaired) electrons. The molecule has 2 rings (SSSR count). The third-order valence-corrected chi connectivity index (χ3v) is 3.32. The van der Waals surface area contributed by atoms with E-state index in [0.717, 1.165) is 0 Å². The molecule has 2 heteroatoms. The summed E-state index contributed by atoms with van der Waals surface area (Å²) in [6, 6.07) is 18.9. The van der Waals surface area contributed by atoms with Crippen molar-refractivity contribution in [2.24, 2.45) is 5.73 Å². The Labute approximate surface area is 106 Å². The van der Waals surface area contributed by atoms with Gasteiger partial charge in [0.05, 0.1) is 0 Å². The first kappa shape index (κ1) is 12.0. The standard InChI is InChI=1S/C15H15NS/c16-12-4-5-13-8-10-15(11-9-13)17-14-6-2-1-3-7-14/h1-11H,12,16H2. The molecule has 0 unspecified atom stereocenters. The van der Waals surface area contributed by atoms with Crippen LogP contribution in [-0.2, 0) is 0 Å². The van der Waals surface area contributed by atoms with Gasteiger partial charge in [-0.15, -0.1) is 0 Å². The van der Waals surface area contributed by atoms with Gasteiger partial charge < -0.3 is 5.73 Å². The molecule has 0 atom stereocenters. The van der Waals surface area contributed by atoms with Crippen LogP contribution in [0.2, 0.25) is 0 Å². The van der Waals surface area contributed by atoms with Gasteiger partial charge in [-0.2, -0.15) is 0 Å². The summed E-state index contributed by atoms with van der Waals surface area (Å²) in [4.78, 5) is 2.51. The smallest absolute Gasteiger partial charge is 0.0122 e. The lowest BCUT2D eigenvalue weighted by Gasteiger charge is -2.01. The van der Waals surface area contributed by atoms with Crippen LogP contribution in [-0.4, -0.2) is 6.54 Å². The molecule has 2 aromatic carbocycles. The molecule has 86 valence electrons. The molecule has 17 heavy (non-hydrogen) atoms. The van der Waals surface area contributed by atoms with E-state index < -0.39 is 0 Å². The molecule has 0 aromatic heterocycles. The number of hydrogen-bond acceptors (Lipinski definition) is 2. The predicted molar refractivity (Wildman–Crippen MR) is 75.1 cm³/mol. The number of nitrogens with two attached hydrogens (primary N) is 1. The van der Waals surface area contributed by atoms with Crippen molar-refractivity contribution in [2.75, 3.05) is 6.54 Å². The van der Waals surface area contributed by atoms with Crippen LogP contribution in [0, 0.1) is 0 Å². The summed E-state index contributed by atoms with van der Waals surface area (Å²) < 4.78 is 0. The van der Waals surface area contributed by atoms with Crippen LogP contribution >= 0.6 is 11.8 Å². The van der Waals surface area contributed by atoms with Crippen molar-refractivity contribution >= 4 is 17.8 Å². The second-order valence-corrected chi connectivity index (χ2v) is 4.77. The maximum atomic E-state index is 5.42. The maximum absolute atomic E-state index is 5.42. The van der Waals surface area contributed by atoms with Gasteiger partial charge in [-0.05, 0) is 29.8 Å². The number of rotatable bonds is 4. The van der Waals surface area contributed by atoms with Crippen LogP contribution in [0.1, 0.15) is 5.56 Å². The highest BCUT2D eigenvalue weighted by molar-refractivity contribution is 7.99. The lowest BCUT2D eigenvalue weighted by Crippen LogP contribution is -1.91. The van der Waals surface area contributed by atoms with Gasteiger partial charge in [-0.1, -0.05) is 54.2 Å². The maximum Gasteiger partial charge on any atom is 0.0122 e. The van der Waals surface area contributed by atoms with Crippen LogP contribution in [0.5, 0.6) is 0 Å². The van der Waals surface area contributed by atoms with Crippen LogP contribution in [0.25, 0.3) is 6.08 Å². The Bertz CT molecular complexity index is 474. The first-order chi connectivity index (χ1) is 8.38. The Balaban J connectivity index is 2.06. The quantitative estimate of drug-likeness (QED) is 0.881. The SMILES string of the molecule is NCC=Cc1ccc(Sc2ccccc2)cc1. The molecule has 0 bridgehead atoms. The molecule has 0 saturated heterocycles. The molecule has 0 spiro atoms. The fourth-order valence-electron chi connectivity index (χ4n) is 1.48. The molecule has 1 nitrogen and oxygen atoms in total. The van der Waals surface area contributed by atoms with Crippen LogP contribution in [0.4, 0.5) is 0 Å². The van der Waals surface area contributed by atoms with E-state index in [1.54, 1.807) is 11.8 Å². The average molecular weight is 241 g/mol. The van der Waals surface area contributed by atoms with E-state index in [4.69, 9.17) is 5.73 Å². The van der Waals surface area contributed by atoms with Gasteiger partial charge in [0.1, 0.15) is 0 Å². The zero-order valence-corrected chi connectivity index (χ0v) is 10.4. The van der Waals surface area contributed by atoms with Gasteiger partial charge in [0.2, 0.25) is 0 Å². The molecule has 0 amide bonds. The van der Waals surface area contributed by atoms with E-state index in [2.05, 4.69) is 48.5 Å². The fourth-order valence-corrected chi connectivity index (χ4v) is 2.31. The highest BCUT2D eigenvalue weighted by Gasteiger charge is 1.95. The minimum Gasteiger partial charge on any atom is -0.327 e. The summed E-state index contributed by atoms with van der Waals surface area (Å²) in [5.41, 5.74) is 6.61. The molecular weight excluding hydrogens is 226 g/mol. The third kappa shape index (κ3) is 3.77. The molecule has 0 aliphatic rings. The van der Waals surface area contributed by atoms with Gasteiger partial charge in [-0.25, -0.2) is 0 Å². The Hall–Kier alpha value is -1.51. The van der Waals surface area contributed by atoms with Crippen molar-refractivity contribution in [2.45, 2.75) is 9.79 Å². The third-order valence-electron chi connectivity index (χ3n) is 2.31.